The minimum absolute atomic E-state index is 0.0884. The molecule has 1 aliphatic heterocycles. The second-order valence-corrected chi connectivity index (χ2v) is 7.52. The van der Waals surface area contributed by atoms with Crippen molar-refractivity contribution in [3.63, 3.8) is 0 Å². The Kier molecular flexibility index (Phi) is 4.81. The largest absolute Gasteiger partial charge is 0.337 e. The predicted molar refractivity (Wildman–Crippen MR) is 91.3 cm³/mol. The number of nitrogens with zero attached hydrogens (tertiary/aromatic N) is 2. The molecule has 0 saturated carbocycles. The molecule has 116 valence electrons. The van der Waals surface area contributed by atoms with Gasteiger partial charge >= 0.3 is 0 Å². The molecule has 6 heteroatoms. The number of likely N-dealkylation sites (tertiary alicyclic amines) is 1. The zero-order valence-electron chi connectivity index (χ0n) is 12.5. The molecular formula is C16H19N3OS2. The lowest BCUT2D eigenvalue weighted by molar-refractivity contribution is 0.0787. The molecule has 2 heterocycles. The summed E-state index contributed by atoms with van der Waals surface area (Å²) in [5.41, 5.74) is 7.75. The Morgan fingerprint density at radius 3 is 3.00 bits per heavy atom. The van der Waals surface area contributed by atoms with Gasteiger partial charge in [0.2, 0.25) is 0 Å². The quantitative estimate of drug-likeness (QED) is 0.874. The van der Waals surface area contributed by atoms with Gasteiger partial charge in [-0.1, -0.05) is 12.1 Å². The summed E-state index contributed by atoms with van der Waals surface area (Å²) in [5, 5.41) is 3.15. The molecule has 1 fully saturated rings. The van der Waals surface area contributed by atoms with E-state index in [0.717, 1.165) is 39.9 Å². The maximum absolute atomic E-state index is 12.7. The lowest BCUT2D eigenvalue weighted by Gasteiger charge is -2.17. The summed E-state index contributed by atoms with van der Waals surface area (Å²) in [6, 6.07) is 7.91. The third-order valence-corrected chi connectivity index (χ3v) is 5.60. The molecule has 1 aromatic carbocycles. The summed E-state index contributed by atoms with van der Waals surface area (Å²) < 4.78 is 0. The number of aryl methyl sites for hydroxylation is 1. The number of hydrogen-bond acceptors (Lipinski definition) is 5. The van der Waals surface area contributed by atoms with Crippen LogP contribution in [0.3, 0.4) is 0 Å². The topological polar surface area (TPSA) is 59.2 Å². The Balaban J connectivity index is 1.73. The summed E-state index contributed by atoms with van der Waals surface area (Å²) in [7, 11) is 0. The molecule has 1 aromatic heterocycles. The third kappa shape index (κ3) is 3.51. The number of nitrogens with two attached hydrogens (primary N) is 1. The highest BCUT2D eigenvalue weighted by atomic mass is 32.2. The maximum atomic E-state index is 12.7. The number of carbonyl (C=O) groups excluding carboxylic acids is 1. The van der Waals surface area contributed by atoms with E-state index in [0.29, 0.717) is 6.54 Å². The normalized spacial score (nSPS) is 17.9. The van der Waals surface area contributed by atoms with Crippen LogP contribution in [0.1, 0.15) is 27.5 Å². The van der Waals surface area contributed by atoms with Gasteiger partial charge in [0.1, 0.15) is 0 Å². The monoisotopic (exact) mass is 333 g/mol. The molecular weight excluding hydrogens is 314 g/mol. The maximum Gasteiger partial charge on any atom is 0.255 e. The molecule has 2 aromatic rings. The van der Waals surface area contributed by atoms with Gasteiger partial charge in [-0.05, 0) is 25.5 Å². The summed E-state index contributed by atoms with van der Waals surface area (Å²) in [4.78, 5) is 20.0. The number of benzene rings is 1. The summed E-state index contributed by atoms with van der Waals surface area (Å²) in [6.07, 6.45) is 0.888. The molecule has 0 aliphatic carbocycles. The van der Waals surface area contributed by atoms with E-state index in [4.69, 9.17) is 5.73 Å². The van der Waals surface area contributed by atoms with Gasteiger partial charge in [-0.2, -0.15) is 0 Å². The average Bonchev–Trinajstić information content (AvgIpc) is 3.13. The van der Waals surface area contributed by atoms with Crippen molar-refractivity contribution in [2.45, 2.75) is 30.0 Å². The molecule has 1 aliphatic rings. The number of thiazole rings is 1. The van der Waals surface area contributed by atoms with Crippen LogP contribution in [-0.2, 0) is 5.75 Å². The molecule has 0 spiro atoms. The van der Waals surface area contributed by atoms with Gasteiger partial charge in [0, 0.05) is 35.2 Å². The van der Waals surface area contributed by atoms with Crippen molar-refractivity contribution >= 4 is 29.0 Å². The Morgan fingerprint density at radius 1 is 1.50 bits per heavy atom. The molecule has 0 unspecified atom stereocenters. The molecule has 1 atom stereocenters. The van der Waals surface area contributed by atoms with Crippen molar-refractivity contribution in [2.75, 3.05) is 13.1 Å². The van der Waals surface area contributed by atoms with Gasteiger partial charge in [0.25, 0.3) is 5.91 Å². The van der Waals surface area contributed by atoms with E-state index >= 15 is 0 Å². The van der Waals surface area contributed by atoms with Crippen LogP contribution in [0.2, 0.25) is 0 Å². The zero-order valence-corrected chi connectivity index (χ0v) is 14.1. The minimum atomic E-state index is 0.0884. The van der Waals surface area contributed by atoms with Crippen LogP contribution in [-0.4, -0.2) is 34.9 Å². The van der Waals surface area contributed by atoms with E-state index in [1.807, 2.05) is 36.1 Å². The number of rotatable bonds is 4. The fourth-order valence-corrected chi connectivity index (χ4v) is 4.19. The van der Waals surface area contributed by atoms with Crippen LogP contribution in [0, 0.1) is 6.92 Å². The molecule has 0 radical (unpaired) electrons. The molecule has 0 bridgehead atoms. The van der Waals surface area contributed by atoms with Gasteiger partial charge in [0.15, 0.2) is 0 Å². The van der Waals surface area contributed by atoms with Gasteiger partial charge in [-0.3, -0.25) is 4.79 Å². The zero-order chi connectivity index (χ0) is 15.5. The van der Waals surface area contributed by atoms with E-state index in [9.17, 15) is 4.79 Å². The van der Waals surface area contributed by atoms with Crippen LogP contribution in [0.25, 0.3) is 0 Å². The third-order valence-electron chi connectivity index (χ3n) is 3.67. The fraction of sp³-hybridized carbons (Fsp3) is 0.375. The number of hydrogen-bond donors (Lipinski definition) is 1. The van der Waals surface area contributed by atoms with Gasteiger partial charge in [-0.25, -0.2) is 4.98 Å². The molecule has 2 N–H and O–H groups in total. The Bertz CT molecular complexity index is 671. The summed E-state index contributed by atoms with van der Waals surface area (Å²) in [6.45, 7) is 3.42. The smallest absolute Gasteiger partial charge is 0.255 e. The van der Waals surface area contributed by atoms with Gasteiger partial charge in [0.05, 0.1) is 16.3 Å². The first-order chi connectivity index (χ1) is 10.6. The number of thioether (sulfide) groups is 1. The standard InChI is InChI=1S/C16H19N3OS2/c1-11-18-13(9-21-11)10-22-15-5-3-2-4-14(15)16(20)19-7-6-12(17)8-19/h2-5,9,12H,6-8,10,17H2,1H3/t12-/m1/s1. The van der Waals surface area contributed by atoms with E-state index in [1.165, 1.54) is 0 Å². The second-order valence-electron chi connectivity index (χ2n) is 5.44. The lowest BCUT2D eigenvalue weighted by atomic mass is 10.2. The first-order valence-corrected chi connectivity index (χ1v) is 9.17. The van der Waals surface area contributed by atoms with Crippen LogP contribution in [0.4, 0.5) is 0 Å². The molecule has 4 nitrogen and oxygen atoms in total. The Morgan fingerprint density at radius 2 is 2.32 bits per heavy atom. The first kappa shape index (κ1) is 15.5. The average molecular weight is 333 g/mol. The predicted octanol–water partition coefficient (Wildman–Crippen LogP) is 2.92. The highest BCUT2D eigenvalue weighted by Gasteiger charge is 2.25. The van der Waals surface area contributed by atoms with E-state index in [-0.39, 0.29) is 11.9 Å². The number of aromatic nitrogens is 1. The summed E-state index contributed by atoms with van der Waals surface area (Å²) >= 11 is 3.32. The van der Waals surface area contributed by atoms with Crippen molar-refractivity contribution in [1.82, 2.24) is 9.88 Å². The number of carbonyl (C=O) groups is 1. The SMILES string of the molecule is Cc1nc(CSc2ccccc2C(=O)N2CC[C@@H](N)C2)cs1. The second kappa shape index (κ2) is 6.81. The van der Waals surface area contributed by atoms with Crippen molar-refractivity contribution in [1.29, 1.82) is 0 Å². The highest BCUT2D eigenvalue weighted by molar-refractivity contribution is 7.98. The van der Waals surface area contributed by atoms with Crippen LogP contribution < -0.4 is 5.73 Å². The van der Waals surface area contributed by atoms with Crippen molar-refractivity contribution in [2.24, 2.45) is 5.73 Å². The molecule has 1 amide bonds. The lowest BCUT2D eigenvalue weighted by Crippen LogP contribution is -2.32. The van der Waals surface area contributed by atoms with Gasteiger partial charge in [-0.15, -0.1) is 23.1 Å². The van der Waals surface area contributed by atoms with Crippen LogP contribution >= 0.6 is 23.1 Å². The Labute approximate surface area is 138 Å². The Hall–Kier alpha value is -1.37. The van der Waals surface area contributed by atoms with Crippen LogP contribution in [0.15, 0.2) is 34.5 Å². The van der Waals surface area contributed by atoms with Crippen molar-refractivity contribution in [3.05, 3.63) is 45.9 Å². The molecule has 3 rings (SSSR count). The molecule has 1 saturated heterocycles. The highest BCUT2D eigenvalue weighted by Crippen LogP contribution is 2.28. The fourth-order valence-electron chi connectivity index (χ4n) is 2.54. The minimum Gasteiger partial charge on any atom is -0.337 e. The number of amides is 1. The molecule has 22 heavy (non-hydrogen) atoms. The van der Waals surface area contributed by atoms with E-state index in [1.54, 1.807) is 23.1 Å². The van der Waals surface area contributed by atoms with Crippen molar-refractivity contribution in [3.8, 4) is 0 Å². The van der Waals surface area contributed by atoms with Gasteiger partial charge < -0.3 is 10.6 Å². The van der Waals surface area contributed by atoms with E-state index in [2.05, 4.69) is 10.4 Å². The van der Waals surface area contributed by atoms with Crippen molar-refractivity contribution < 1.29 is 4.79 Å². The first-order valence-electron chi connectivity index (χ1n) is 7.31. The summed E-state index contributed by atoms with van der Waals surface area (Å²) in [5.74, 6) is 0.874. The van der Waals surface area contributed by atoms with Crippen LogP contribution in [0.5, 0.6) is 0 Å². The van der Waals surface area contributed by atoms with E-state index < -0.39 is 0 Å².